The predicted octanol–water partition coefficient (Wildman–Crippen LogP) is 3.79. The topological polar surface area (TPSA) is 47.6 Å². The van der Waals surface area contributed by atoms with Crippen LogP contribution in [0, 0.1) is 11.8 Å². The lowest BCUT2D eigenvalue weighted by Crippen LogP contribution is -2.44. The number of hydrogen-bond acceptors (Lipinski definition) is 4. The van der Waals surface area contributed by atoms with E-state index in [4.69, 9.17) is 0 Å². The molecule has 0 bridgehead atoms. The Morgan fingerprint density at radius 3 is 2.52 bits per heavy atom. The molecule has 2 amide bonds. The average molecular weight is 413 g/mol. The first-order chi connectivity index (χ1) is 14.3. The van der Waals surface area contributed by atoms with Crippen LogP contribution in [0.3, 0.4) is 0 Å². The predicted molar refractivity (Wildman–Crippen MR) is 120 cm³/mol. The van der Waals surface area contributed by atoms with E-state index in [0.29, 0.717) is 11.8 Å². The van der Waals surface area contributed by atoms with Gasteiger partial charge in [0, 0.05) is 49.8 Å². The van der Waals surface area contributed by atoms with Crippen LogP contribution < -0.4 is 15.5 Å². The summed E-state index contributed by atoms with van der Waals surface area (Å²) >= 11 is 1.83. The summed E-state index contributed by atoms with van der Waals surface area (Å²) in [5.74, 6) is 1.08. The van der Waals surface area contributed by atoms with Crippen molar-refractivity contribution in [3.8, 4) is 0 Å². The maximum atomic E-state index is 12.3. The number of anilines is 1. The van der Waals surface area contributed by atoms with Crippen molar-refractivity contribution < 1.29 is 4.79 Å². The molecule has 2 atom stereocenters. The number of amides is 2. The molecule has 2 N–H and O–H groups in total. The Labute approximate surface area is 178 Å². The number of nitrogens with one attached hydrogen (secondary N) is 2. The second-order valence-electron chi connectivity index (χ2n) is 8.35. The van der Waals surface area contributed by atoms with E-state index < -0.39 is 0 Å². The first-order valence-corrected chi connectivity index (χ1v) is 11.7. The number of urea groups is 1. The summed E-state index contributed by atoms with van der Waals surface area (Å²) in [7, 11) is 0. The fraction of sp³-hybridized carbons (Fsp3) is 0.522. The molecule has 2 aliphatic heterocycles. The molecule has 0 radical (unpaired) electrons. The lowest BCUT2D eigenvalue weighted by atomic mass is 9.98. The van der Waals surface area contributed by atoms with Crippen LogP contribution in [0.5, 0.6) is 0 Å². The van der Waals surface area contributed by atoms with E-state index >= 15 is 0 Å². The molecule has 0 spiro atoms. The zero-order valence-electron chi connectivity index (χ0n) is 17.1. The van der Waals surface area contributed by atoms with Gasteiger partial charge < -0.3 is 15.5 Å². The standard InChI is InChI=1S/C23H32N4OS/c28-23(25-15-20-10-12-27(17-20)21-7-2-1-3-8-21)24-14-19-6-4-11-26(16-19)18-22-9-5-13-29-22/h1-3,5,7-9,13,19-20H,4,6,10-12,14-18H2,(H2,24,25,28)/t19-,20+/m1/s1. The van der Waals surface area contributed by atoms with Gasteiger partial charge in [-0.15, -0.1) is 11.3 Å². The molecule has 1 aromatic heterocycles. The number of piperidine rings is 1. The molecule has 1 aromatic carbocycles. The van der Waals surface area contributed by atoms with Crippen molar-refractivity contribution >= 4 is 23.1 Å². The van der Waals surface area contributed by atoms with Gasteiger partial charge in [-0.05, 0) is 61.2 Å². The van der Waals surface area contributed by atoms with E-state index in [1.54, 1.807) is 0 Å². The summed E-state index contributed by atoms with van der Waals surface area (Å²) in [6, 6.07) is 14.9. The van der Waals surface area contributed by atoms with Gasteiger partial charge in [-0.3, -0.25) is 4.90 Å². The van der Waals surface area contributed by atoms with Gasteiger partial charge in [-0.1, -0.05) is 24.3 Å². The number of benzene rings is 1. The molecule has 2 saturated heterocycles. The molecule has 4 rings (SSSR count). The van der Waals surface area contributed by atoms with E-state index in [1.807, 2.05) is 11.3 Å². The highest BCUT2D eigenvalue weighted by Crippen LogP contribution is 2.23. The Balaban J connectivity index is 1.13. The maximum Gasteiger partial charge on any atom is 0.314 e. The van der Waals surface area contributed by atoms with Crippen LogP contribution in [0.1, 0.15) is 24.1 Å². The van der Waals surface area contributed by atoms with Crippen LogP contribution in [0.4, 0.5) is 10.5 Å². The number of carbonyl (C=O) groups excluding carboxylic acids is 1. The maximum absolute atomic E-state index is 12.3. The van der Waals surface area contributed by atoms with Gasteiger partial charge in [0.05, 0.1) is 0 Å². The molecular formula is C23H32N4OS. The summed E-state index contributed by atoms with van der Waals surface area (Å²) in [4.78, 5) is 18.6. The molecule has 3 heterocycles. The van der Waals surface area contributed by atoms with E-state index in [-0.39, 0.29) is 6.03 Å². The Hall–Kier alpha value is -2.05. The van der Waals surface area contributed by atoms with Gasteiger partial charge in [0.25, 0.3) is 0 Å². The number of hydrogen-bond donors (Lipinski definition) is 2. The van der Waals surface area contributed by atoms with Crippen molar-refractivity contribution in [2.45, 2.75) is 25.8 Å². The smallest absolute Gasteiger partial charge is 0.314 e. The van der Waals surface area contributed by atoms with E-state index in [9.17, 15) is 4.79 Å². The van der Waals surface area contributed by atoms with E-state index in [1.165, 1.54) is 30.0 Å². The third kappa shape index (κ3) is 5.97. The van der Waals surface area contributed by atoms with Gasteiger partial charge in [0.1, 0.15) is 0 Å². The molecule has 6 heteroatoms. The highest BCUT2D eigenvalue weighted by molar-refractivity contribution is 7.09. The van der Waals surface area contributed by atoms with Crippen molar-refractivity contribution in [2.75, 3.05) is 44.2 Å². The summed E-state index contributed by atoms with van der Waals surface area (Å²) < 4.78 is 0. The molecule has 0 unspecified atom stereocenters. The lowest BCUT2D eigenvalue weighted by molar-refractivity contribution is 0.166. The number of rotatable bonds is 7. The summed E-state index contributed by atoms with van der Waals surface area (Å²) in [6.45, 7) is 6.90. The monoisotopic (exact) mass is 412 g/mol. The largest absolute Gasteiger partial charge is 0.371 e. The van der Waals surface area contributed by atoms with Crippen molar-refractivity contribution in [1.29, 1.82) is 0 Å². The number of carbonyl (C=O) groups is 1. The van der Waals surface area contributed by atoms with Crippen LogP contribution in [0.25, 0.3) is 0 Å². The molecule has 2 aliphatic rings. The molecule has 2 fully saturated rings. The van der Waals surface area contributed by atoms with Crippen LogP contribution in [-0.2, 0) is 6.54 Å². The molecular weight excluding hydrogens is 380 g/mol. The van der Waals surface area contributed by atoms with Crippen molar-refractivity contribution in [2.24, 2.45) is 11.8 Å². The summed E-state index contributed by atoms with van der Waals surface area (Å²) in [5.41, 5.74) is 1.28. The highest BCUT2D eigenvalue weighted by atomic mass is 32.1. The van der Waals surface area contributed by atoms with Crippen molar-refractivity contribution in [3.63, 3.8) is 0 Å². The summed E-state index contributed by atoms with van der Waals surface area (Å²) in [6.07, 6.45) is 3.56. The minimum atomic E-state index is -0.0152. The molecule has 0 saturated carbocycles. The number of para-hydroxylation sites is 1. The Morgan fingerprint density at radius 2 is 1.76 bits per heavy atom. The quantitative estimate of drug-likeness (QED) is 0.727. The average Bonchev–Trinajstić information content (AvgIpc) is 3.44. The molecule has 29 heavy (non-hydrogen) atoms. The van der Waals surface area contributed by atoms with Crippen LogP contribution in [0.2, 0.25) is 0 Å². The number of likely N-dealkylation sites (tertiary alicyclic amines) is 1. The number of thiophene rings is 1. The normalized spacial score (nSPS) is 22.6. The highest BCUT2D eigenvalue weighted by Gasteiger charge is 2.24. The molecule has 156 valence electrons. The third-order valence-electron chi connectivity index (χ3n) is 6.07. The Kier molecular flexibility index (Phi) is 7.06. The molecule has 2 aromatic rings. The second-order valence-corrected chi connectivity index (χ2v) is 9.38. The van der Waals surface area contributed by atoms with Gasteiger partial charge in [-0.2, -0.15) is 0 Å². The Bertz CT molecular complexity index is 752. The molecule has 0 aliphatic carbocycles. The zero-order valence-corrected chi connectivity index (χ0v) is 17.9. The van der Waals surface area contributed by atoms with Gasteiger partial charge in [0.15, 0.2) is 0 Å². The third-order valence-corrected chi connectivity index (χ3v) is 6.93. The first kappa shape index (κ1) is 20.2. The minimum Gasteiger partial charge on any atom is -0.371 e. The Morgan fingerprint density at radius 1 is 0.966 bits per heavy atom. The van der Waals surface area contributed by atoms with Gasteiger partial charge in [-0.25, -0.2) is 4.79 Å². The van der Waals surface area contributed by atoms with Crippen molar-refractivity contribution in [3.05, 3.63) is 52.7 Å². The summed E-state index contributed by atoms with van der Waals surface area (Å²) in [5, 5.41) is 8.35. The minimum absolute atomic E-state index is 0.0152. The SMILES string of the molecule is O=C(NC[C@H]1CCCN(Cc2cccs2)C1)NC[C@@H]1CCN(c2ccccc2)C1. The molecule has 5 nitrogen and oxygen atoms in total. The van der Waals surface area contributed by atoms with Crippen LogP contribution >= 0.6 is 11.3 Å². The first-order valence-electron chi connectivity index (χ1n) is 10.8. The fourth-order valence-electron chi connectivity index (χ4n) is 4.49. The van der Waals surface area contributed by atoms with Crippen LogP contribution in [0.15, 0.2) is 47.8 Å². The van der Waals surface area contributed by atoms with E-state index in [2.05, 4.69) is 68.3 Å². The van der Waals surface area contributed by atoms with Gasteiger partial charge in [0.2, 0.25) is 0 Å². The van der Waals surface area contributed by atoms with Crippen LogP contribution in [-0.4, -0.2) is 50.2 Å². The fourth-order valence-corrected chi connectivity index (χ4v) is 5.24. The van der Waals surface area contributed by atoms with Gasteiger partial charge >= 0.3 is 6.03 Å². The lowest BCUT2D eigenvalue weighted by Gasteiger charge is -2.32. The number of nitrogens with zero attached hydrogens (tertiary/aromatic N) is 2. The zero-order chi connectivity index (χ0) is 19.9. The van der Waals surface area contributed by atoms with E-state index in [0.717, 1.165) is 45.7 Å². The second kappa shape index (κ2) is 10.1. The van der Waals surface area contributed by atoms with Crippen molar-refractivity contribution in [1.82, 2.24) is 15.5 Å².